The summed E-state index contributed by atoms with van der Waals surface area (Å²) < 4.78 is 11.8. The highest BCUT2D eigenvalue weighted by molar-refractivity contribution is 14.1. The fourth-order valence-corrected chi connectivity index (χ4v) is 1.98. The molecule has 16 heavy (non-hydrogen) atoms. The van der Waals surface area contributed by atoms with Gasteiger partial charge in [-0.3, -0.25) is 4.79 Å². The minimum atomic E-state index is 0.450. The Balaban J connectivity index is 3.01. The summed E-state index contributed by atoms with van der Waals surface area (Å²) >= 11 is 2.14. The largest absolute Gasteiger partial charge is 0.493 e. The molecule has 0 unspecified atom stereocenters. The first kappa shape index (κ1) is 13.3. The minimum absolute atomic E-state index is 0.450. The maximum Gasteiger partial charge on any atom is 0.174 e. The van der Waals surface area contributed by atoms with Gasteiger partial charge in [-0.2, -0.15) is 0 Å². The van der Waals surface area contributed by atoms with E-state index in [4.69, 9.17) is 9.47 Å². The number of benzene rings is 1. The van der Waals surface area contributed by atoms with Crippen molar-refractivity contribution in [2.75, 3.05) is 13.7 Å². The Labute approximate surface area is 109 Å². The molecule has 1 rings (SSSR count). The molecule has 0 spiro atoms. The van der Waals surface area contributed by atoms with Gasteiger partial charge in [0, 0.05) is 5.56 Å². The quantitative estimate of drug-likeness (QED) is 0.613. The fourth-order valence-electron chi connectivity index (χ4n) is 1.20. The van der Waals surface area contributed by atoms with Gasteiger partial charge in [0.15, 0.2) is 11.5 Å². The van der Waals surface area contributed by atoms with E-state index in [1.54, 1.807) is 19.2 Å². The van der Waals surface area contributed by atoms with Gasteiger partial charge in [-0.05, 0) is 40.6 Å². The molecule has 0 saturated carbocycles. The van der Waals surface area contributed by atoms with E-state index >= 15 is 0 Å². The van der Waals surface area contributed by atoms with Crippen LogP contribution in [0.1, 0.15) is 24.2 Å². The first-order chi connectivity index (χ1) is 7.58. The van der Waals surface area contributed by atoms with Crippen LogP contribution in [-0.4, -0.2) is 20.0 Å². The first-order valence-corrected chi connectivity index (χ1v) is 6.11. The van der Waals surface area contributed by atoms with Crippen molar-refractivity contribution in [1.82, 2.24) is 0 Å². The Morgan fingerprint density at radius 2 is 2.12 bits per heavy atom. The van der Waals surface area contributed by atoms with E-state index in [-0.39, 0.29) is 0 Å². The van der Waals surface area contributed by atoms with Crippen molar-refractivity contribution in [1.29, 1.82) is 0 Å². The number of hydrogen-bond donors (Lipinski definition) is 0. The van der Waals surface area contributed by atoms with E-state index in [0.717, 1.165) is 9.86 Å². The summed E-state index contributed by atoms with van der Waals surface area (Å²) in [6, 6.07) is 3.47. The van der Waals surface area contributed by atoms with Crippen LogP contribution >= 0.6 is 22.6 Å². The van der Waals surface area contributed by atoms with Crippen LogP contribution < -0.4 is 9.47 Å². The molecule has 0 amide bonds. The maximum atomic E-state index is 10.7. The van der Waals surface area contributed by atoms with Crippen LogP contribution in [0.15, 0.2) is 12.1 Å². The topological polar surface area (TPSA) is 35.5 Å². The molecule has 0 atom stereocenters. The van der Waals surface area contributed by atoms with Gasteiger partial charge in [0.25, 0.3) is 0 Å². The molecule has 0 heterocycles. The van der Waals surface area contributed by atoms with Gasteiger partial charge < -0.3 is 9.47 Å². The smallest absolute Gasteiger partial charge is 0.174 e. The van der Waals surface area contributed by atoms with E-state index in [0.29, 0.717) is 29.6 Å². The summed E-state index contributed by atoms with van der Waals surface area (Å²) in [5.74, 6) is 1.77. The summed E-state index contributed by atoms with van der Waals surface area (Å²) in [4.78, 5) is 10.7. The number of aldehydes is 1. The Bertz CT molecular complexity index is 375. The van der Waals surface area contributed by atoms with E-state index in [1.807, 2.05) is 0 Å². The Morgan fingerprint density at radius 1 is 1.44 bits per heavy atom. The van der Waals surface area contributed by atoms with Crippen molar-refractivity contribution in [2.24, 2.45) is 5.92 Å². The van der Waals surface area contributed by atoms with Crippen molar-refractivity contribution in [3.63, 3.8) is 0 Å². The Kier molecular flexibility index (Phi) is 5.05. The molecular formula is C12H15IO3. The summed E-state index contributed by atoms with van der Waals surface area (Å²) in [6.07, 6.45) is 0.802. The molecule has 0 aliphatic carbocycles. The van der Waals surface area contributed by atoms with E-state index < -0.39 is 0 Å². The minimum Gasteiger partial charge on any atom is -0.493 e. The molecule has 0 saturated heterocycles. The molecule has 1 aromatic carbocycles. The zero-order valence-corrected chi connectivity index (χ0v) is 11.8. The van der Waals surface area contributed by atoms with Crippen LogP contribution in [0.4, 0.5) is 0 Å². The summed E-state index contributed by atoms with van der Waals surface area (Å²) in [5, 5.41) is 0. The van der Waals surface area contributed by atoms with E-state index in [2.05, 4.69) is 36.4 Å². The zero-order valence-electron chi connectivity index (χ0n) is 9.62. The molecule has 0 radical (unpaired) electrons. The normalized spacial score (nSPS) is 10.3. The van der Waals surface area contributed by atoms with Crippen molar-refractivity contribution in [2.45, 2.75) is 13.8 Å². The standard InChI is InChI=1S/C12H15IO3/c1-8(2)7-16-12-10(13)4-9(6-14)5-11(12)15-3/h4-6,8H,7H2,1-3H3. The van der Waals surface area contributed by atoms with Gasteiger partial charge in [0.2, 0.25) is 0 Å². The molecule has 0 aromatic heterocycles. The van der Waals surface area contributed by atoms with Crippen molar-refractivity contribution < 1.29 is 14.3 Å². The molecule has 1 aromatic rings. The lowest BCUT2D eigenvalue weighted by Gasteiger charge is -2.14. The number of carbonyl (C=O) groups is 1. The van der Waals surface area contributed by atoms with Gasteiger partial charge in [-0.15, -0.1) is 0 Å². The average molecular weight is 334 g/mol. The monoisotopic (exact) mass is 334 g/mol. The highest BCUT2D eigenvalue weighted by Crippen LogP contribution is 2.33. The average Bonchev–Trinajstić information content (AvgIpc) is 2.26. The molecule has 0 aliphatic heterocycles. The van der Waals surface area contributed by atoms with Gasteiger partial charge in [-0.25, -0.2) is 0 Å². The second-order valence-corrected chi connectivity index (χ2v) is 5.02. The lowest BCUT2D eigenvalue weighted by atomic mass is 10.2. The van der Waals surface area contributed by atoms with Crippen LogP contribution in [0.5, 0.6) is 11.5 Å². The van der Waals surface area contributed by atoms with Crippen molar-refractivity contribution in [3.8, 4) is 11.5 Å². The highest BCUT2D eigenvalue weighted by Gasteiger charge is 2.11. The summed E-state index contributed by atoms with van der Waals surface area (Å²) in [7, 11) is 1.57. The predicted molar refractivity (Wildman–Crippen MR) is 71.4 cm³/mol. The number of rotatable bonds is 5. The molecule has 4 heteroatoms. The van der Waals surface area contributed by atoms with E-state index in [9.17, 15) is 4.79 Å². The van der Waals surface area contributed by atoms with Gasteiger partial charge >= 0.3 is 0 Å². The maximum absolute atomic E-state index is 10.7. The van der Waals surface area contributed by atoms with Crippen LogP contribution in [0.25, 0.3) is 0 Å². The summed E-state index contributed by atoms with van der Waals surface area (Å²) in [5.41, 5.74) is 0.596. The highest BCUT2D eigenvalue weighted by atomic mass is 127. The third-order valence-corrected chi connectivity index (χ3v) is 2.75. The SMILES string of the molecule is COc1cc(C=O)cc(I)c1OCC(C)C. The van der Waals surface area contributed by atoms with Crippen LogP contribution in [0.3, 0.4) is 0 Å². The second kappa shape index (κ2) is 6.08. The molecule has 0 aliphatic rings. The predicted octanol–water partition coefficient (Wildman–Crippen LogP) is 3.15. The number of halogens is 1. The number of carbonyl (C=O) groups excluding carboxylic acids is 1. The molecular weight excluding hydrogens is 319 g/mol. The number of ether oxygens (including phenoxy) is 2. The third-order valence-electron chi connectivity index (χ3n) is 1.95. The molecule has 0 fully saturated rings. The van der Waals surface area contributed by atoms with Crippen LogP contribution in [0.2, 0.25) is 0 Å². The van der Waals surface area contributed by atoms with Gasteiger partial charge in [0.1, 0.15) is 6.29 Å². The third kappa shape index (κ3) is 3.37. The summed E-state index contributed by atoms with van der Waals surface area (Å²) in [6.45, 7) is 4.80. The van der Waals surface area contributed by atoms with Crippen molar-refractivity contribution in [3.05, 3.63) is 21.3 Å². The van der Waals surface area contributed by atoms with Gasteiger partial charge in [-0.1, -0.05) is 13.8 Å². The van der Waals surface area contributed by atoms with Crippen LogP contribution in [-0.2, 0) is 0 Å². The first-order valence-electron chi connectivity index (χ1n) is 5.04. The molecule has 88 valence electrons. The molecule has 3 nitrogen and oxygen atoms in total. The number of methoxy groups -OCH3 is 1. The van der Waals surface area contributed by atoms with Gasteiger partial charge in [0.05, 0.1) is 17.3 Å². The lowest BCUT2D eigenvalue weighted by molar-refractivity contribution is 0.112. The molecule has 0 bridgehead atoms. The molecule has 0 N–H and O–H groups in total. The Morgan fingerprint density at radius 3 is 2.62 bits per heavy atom. The van der Waals surface area contributed by atoms with E-state index in [1.165, 1.54) is 0 Å². The van der Waals surface area contributed by atoms with Crippen molar-refractivity contribution >= 4 is 28.9 Å². The lowest BCUT2D eigenvalue weighted by Crippen LogP contribution is -2.07. The van der Waals surface area contributed by atoms with Crippen LogP contribution in [0, 0.1) is 9.49 Å². The second-order valence-electron chi connectivity index (χ2n) is 3.86. The zero-order chi connectivity index (χ0) is 12.1. The fraction of sp³-hybridized carbons (Fsp3) is 0.417. The Hall–Kier alpha value is -0.780. The number of hydrogen-bond acceptors (Lipinski definition) is 3.